The van der Waals surface area contributed by atoms with Crippen LogP contribution in [0.15, 0.2) is 24.4 Å². The zero-order valence-electron chi connectivity index (χ0n) is 12.6. The monoisotopic (exact) mass is 342 g/mol. The number of benzene rings is 1. The maximum Gasteiger partial charge on any atom is 0.416 e. The fraction of sp³-hybridized carbons (Fsp3) is 0.333. The molecule has 0 spiro atoms. The molecule has 0 saturated carbocycles. The number of fused-ring (bicyclic) bond motifs is 1. The lowest BCUT2D eigenvalue weighted by molar-refractivity contribution is -0.138. The molecule has 1 atom stereocenters. The highest BCUT2D eigenvalue weighted by atomic mass is 19.4. The highest BCUT2D eigenvalue weighted by Crippen LogP contribution is 2.36. The van der Waals surface area contributed by atoms with E-state index in [0.717, 1.165) is 18.2 Å². The SMILES string of the molecule is C[C@H]1CN(c2ccc(C(F)(F)F)c(CF)c2)C(=O)c2c(N)cnn21. The molecule has 0 aliphatic carbocycles. The van der Waals surface area contributed by atoms with E-state index in [0.29, 0.717) is 0 Å². The number of amides is 1. The first-order chi connectivity index (χ1) is 11.2. The third kappa shape index (κ3) is 2.49. The van der Waals surface area contributed by atoms with Gasteiger partial charge >= 0.3 is 6.18 Å². The summed E-state index contributed by atoms with van der Waals surface area (Å²) < 4.78 is 53.2. The van der Waals surface area contributed by atoms with Crippen molar-refractivity contribution >= 4 is 17.3 Å². The molecule has 1 aromatic carbocycles. The molecule has 0 saturated heterocycles. The fourth-order valence-corrected chi connectivity index (χ4v) is 2.84. The Morgan fingerprint density at radius 3 is 2.71 bits per heavy atom. The molecule has 1 aromatic heterocycles. The number of hydrogen-bond donors (Lipinski definition) is 1. The largest absolute Gasteiger partial charge is 0.416 e. The maximum atomic E-state index is 13.1. The number of hydrogen-bond acceptors (Lipinski definition) is 3. The van der Waals surface area contributed by atoms with Crippen molar-refractivity contribution in [1.82, 2.24) is 9.78 Å². The second-order valence-corrected chi connectivity index (χ2v) is 5.63. The van der Waals surface area contributed by atoms with Crippen LogP contribution in [-0.4, -0.2) is 22.2 Å². The molecule has 0 fully saturated rings. The van der Waals surface area contributed by atoms with Crippen molar-refractivity contribution in [3.05, 3.63) is 41.2 Å². The minimum Gasteiger partial charge on any atom is -0.396 e. The highest BCUT2D eigenvalue weighted by Gasteiger charge is 2.36. The predicted molar refractivity (Wildman–Crippen MR) is 79.3 cm³/mol. The van der Waals surface area contributed by atoms with Gasteiger partial charge in [0.1, 0.15) is 12.4 Å². The first-order valence-electron chi connectivity index (χ1n) is 7.15. The number of nitrogens with two attached hydrogens (primary N) is 1. The summed E-state index contributed by atoms with van der Waals surface area (Å²) in [4.78, 5) is 13.9. The Morgan fingerprint density at radius 2 is 2.08 bits per heavy atom. The van der Waals surface area contributed by atoms with Gasteiger partial charge in [-0.15, -0.1) is 0 Å². The topological polar surface area (TPSA) is 64.2 Å². The Morgan fingerprint density at radius 1 is 1.38 bits per heavy atom. The average molecular weight is 342 g/mol. The van der Waals surface area contributed by atoms with E-state index >= 15 is 0 Å². The van der Waals surface area contributed by atoms with E-state index in [2.05, 4.69) is 5.10 Å². The van der Waals surface area contributed by atoms with Gasteiger partial charge in [0.2, 0.25) is 0 Å². The van der Waals surface area contributed by atoms with Gasteiger partial charge in [-0.05, 0) is 30.7 Å². The molecule has 24 heavy (non-hydrogen) atoms. The van der Waals surface area contributed by atoms with Crippen LogP contribution in [0.2, 0.25) is 0 Å². The van der Waals surface area contributed by atoms with E-state index in [4.69, 9.17) is 5.73 Å². The molecule has 1 aliphatic rings. The lowest BCUT2D eigenvalue weighted by atomic mass is 10.1. The van der Waals surface area contributed by atoms with Crippen molar-refractivity contribution in [1.29, 1.82) is 0 Å². The van der Waals surface area contributed by atoms with Gasteiger partial charge < -0.3 is 10.6 Å². The lowest BCUT2D eigenvalue weighted by Gasteiger charge is -2.32. The quantitative estimate of drug-likeness (QED) is 0.853. The van der Waals surface area contributed by atoms with E-state index in [9.17, 15) is 22.4 Å². The Labute approximate surface area is 134 Å². The van der Waals surface area contributed by atoms with Gasteiger partial charge in [0, 0.05) is 12.2 Å². The number of carbonyl (C=O) groups excluding carboxylic acids is 1. The molecule has 0 radical (unpaired) electrons. The summed E-state index contributed by atoms with van der Waals surface area (Å²) in [7, 11) is 0. The Kier molecular flexibility index (Phi) is 3.73. The molecule has 2 aromatic rings. The van der Waals surface area contributed by atoms with Crippen LogP contribution in [0, 0.1) is 0 Å². The van der Waals surface area contributed by atoms with Crippen LogP contribution in [-0.2, 0) is 12.9 Å². The first kappa shape index (κ1) is 16.3. The number of rotatable bonds is 2. The van der Waals surface area contributed by atoms with Crippen LogP contribution >= 0.6 is 0 Å². The van der Waals surface area contributed by atoms with Gasteiger partial charge in [-0.25, -0.2) is 4.39 Å². The summed E-state index contributed by atoms with van der Waals surface area (Å²) >= 11 is 0. The first-order valence-corrected chi connectivity index (χ1v) is 7.15. The van der Waals surface area contributed by atoms with Crippen molar-refractivity contribution in [3.63, 3.8) is 0 Å². The molecule has 3 rings (SSSR count). The van der Waals surface area contributed by atoms with Gasteiger partial charge in [-0.1, -0.05) is 0 Å². The van der Waals surface area contributed by atoms with Crippen LogP contribution < -0.4 is 10.6 Å². The molecule has 0 unspecified atom stereocenters. The summed E-state index contributed by atoms with van der Waals surface area (Å²) in [6, 6.07) is 2.79. The maximum absolute atomic E-state index is 13.1. The van der Waals surface area contributed by atoms with Crippen LogP contribution in [0.5, 0.6) is 0 Å². The van der Waals surface area contributed by atoms with E-state index in [1.807, 2.05) is 0 Å². The van der Waals surface area contributed by atoms with Gasteiger partial charge in [-0.3, -0.25) is 9.48 Å². The minimum absolute atomic E-state index is 0.176. The average Bonchev–Trinajstić information content (AvgIpc) is 2.92. The van der Waals surface area contributed by atoms with Gasteiger partial charge in [0.05, 0.1) is 23.5 Å². The standard InChI is InChI=1S/C15H14F4N4O/c1-8-7-22(14(24)13-12(20)6-21-23(8)13)10-2-3-11(15(17,18)19)9(4-10)5-16/h2-4,6,8H,5,7,20H2,1H3/t8-/m0/s1. The number of halogens is 4. The molecular formula is C15H14F4N4O. The Balaban J connectivity index is 2.04. The van der Waals surface area contributed by atoms with E-state index in [-0.39, 0.29) is 29.7 Å². The molecule has 1 amide bonds. The number of alkyl halides is 4. The van der Waals surface area contributed by atoms with E-state index in [1.54, 1.807) is 6.92 Å². The van der Waals surface area contributed by atoms with Gasteiger partial charge in [-0.2, -0.15) is 18.3 Å². The summed E-state index contributed by atoms with van der Waals surface area (Å²) in [6.45, 7) is 0.722. The van der Waals surface area contributed by atoms with Crippen molar-refractivity contribution in [3.8, 4) is 0 Å². The molecule has 1 aliphatic heterocycles. The molecule has 9 heteroatoms. The fourth-order valence-electron chi connectivity index (χ4n) is 2.84. The van der Waals surface area contributed by atoms with Crippen molar-refractivity contribution < 1.29 is 22.4 Å². The summed E-state index contributed by atoms with van der Waals surface area (Å²) in [5.74, 6) is -0.479. The summed E-state index contributed by atoms with van der Waals surface area (Å²) in [5.41, 5.74) is 4.76. The van der Waals surface area contributed by atoms with Crippen LogP contribution in [0.1, 0.15) is 34.6 Å². The molecule has 5 nitrogen and oxygen atoms in total. The number of anilines is 2. The zero-order valence-corrected chi connectivity index (χ0v) is 12.6. The van der Waals surface area contributed by atoms with Crippen molar-refractivity contribution in [2.75, 3.05) is 17.2 Å². The normalized spacial score (nSPS) is 18.0. The minimum atomic E-state index is -4.65. The van der Waals surface area contributed by atoms with Crippen molar-refractivity contribution in [2.45, 2.75) is 25.8 Å². The lowest BCUT2D eigenvalue weighted by Crippen LogP contribution is -2.43. The third-order valence-corrected chi connectivity index (χ3v) is 3.99. The van der Waals surface area contributed by atoms with E-state index in [1.165, 1.54) is 15.8 Å². The second-order valence-electron chi connectivity index (χ2n) is 5.63. The van der Waals surface area contributed by atoms with Crippen LogP contribution in [0.3, 0.4) is 0 Å². The van der Waals surface area contributed by atoms with Crippen molar-refractivity contribution in [2.24, 2.45) is 0 Å². The number of nitrogens with zero attached hydrogens (tertiary/aromatic N) is 3. The smallest absolute Gasteiger partial charge is 0.396 e. The molecule has 0 bridgehead atoms. The third-order valence-electron chi connectivity index (χ3n) is 3.99. The molecule has 2 heterocycles. The summed E-state index contributed by atoms with van der Waals surface area (Å²) in [5, 5.41) is 4.03. The molecule has 2 N–H and O–H groups in total. The molecule has 128 valence electrons. The molecular weight excluding hydrogens is 328 g/mol. The van der Waals surface area contributed by atoms with Crippen LogP contribution in [0.4, 0.5) is 28.9 Å². The zero-order chi connectivity index (χ0) is 17.6. The number of aromatic nitrogens is 2. The van der Waals surface area contributed by atoms with Crippen LogP contribution in [0.25, 0.3) is 0 Å². The number of carbonyl (C=O) groups is 1. The second kappa shape index (κ2) is 5.50. The number of nitrogen functional groups attached to an aromatic ring is 1. The Hall–Kier alpha value is -2.58. The Bertz CT molecular complexity index is 799. The van der Waals surface area contributed by atoms with Gasteiger partial charge in [0.25, 0.3) is 5.91 Å². The predicted octanol–water partition coefficient (Wildman–Crippen LogP) is 3.18. The van der Waals surface area contributed by atoms with Gasteiger partial charge in [0.15, 0.2) is 0 Å². The highest BCUT2D eigenvalue weighted by molar-refractivity contribution is 6.08. The van der Waals surface area contributed by atoms with E-state index < -0.39 is 29.9 Å². The summed E-state index contributed by atoms with van der Waals surface area (Å²) in [6.07, 6.45) is -3.30.